The normalized spacial score (nSPS) is 14.5. The van der Waals surface area contributed by atoms with Crippen LogP contribution in [0.5, 0.6) is 0 Å². The Bertz CT molecular complexity index is 654. The van der Waals surface area contributed by atoms with Gasteiger partial charge in [0.2, 0.25) is 10.0 Å². The highest BCUT2D eigenvalue weighted by atomic mass is 32.2. The Hall–Kier alpha value is -1.93. The van der Waals surface area contributed by atoms with Crippen LogP contribution in [0.4, 0.5) is 0 Å². The van der Waals surface area contributed by atoms with Gasteiger partial charge in [-0.2, -0.15) is 0 Å². The second-order valence-corrected chi connectivity index (χ2v) is 6.13. The maximum Gasteiger partial charge on any atom is 0.304 e. The smallest absolute Gasteiger partial charge is 0.304 e. The first-order valence-electron chi connectivity index (χ1n) is 6.03. The van der Waals surface area contributed by atoms with E-state index >= 15 is 0 Å². The van der Waals surface area contributed by atoms with Gasteiger partial charge in [0.15, 0.2) is 0 Å². The van der Waals surface area contributed by atoms with E-state index in [0.29, 0.717) is 18.5 Å². The molecule has 0 unspecified atom stereocenters. The molecule has 0 spiro atoms. The summed E-state index contributed by atoms with van der Waals surface area (Å²) in [6, 6.07) is 4.34. The molecule has 2 rings (SSSR count). The molecule has 0 fully saturated rings. The summed E-state index contributed by atoms with van der Waals surface area (Å²) in [5.41, 5.74) is 1.15. The van der Waals surface area contributed by atoms with E-state index in [9.17, 15) is 18.0 Å². The van der Waals surface area contributed by atoms with Gasteiger partial charge >= 0.3 is 5.97 Å². The Kier molecular flexibility index (Phi) is 4.05. The lowest BCUT2D eigenvalue weighted by Gasteiger charge is -2.17. The predicted molar refractivity (Wildman–Crippen MR) is 69.9 cm³/mol. The summed E-state index contributed by atoms with van der Waals surface area (Å²) < 4.78 is 26.1. The van der Waals surface area contributed by atoms with Crippen molar-refractivity contribution in [3.05, 3.63) is 29.3 Å². The molecule has 20 heavy (non-hydrogen) atoms. The highest BCUT2D eigenvalue weighted by Gasteiger charge is 2.21. The molecule has 1 aromatic carbocycles. The molecule has 0 aliphatic carbocycles. The molecule has 1 amide bonds. The average molecular weight is 298 g/mol. The molecular weight excluding hydrogens is 284 g/mol. The Labute approximate surface area is 116 Å². The minimum absolute atomic E-state index is 0.0429. The number of carboxylic acids is 1. The van der Waals surface area contributed by atoms with Crippen LogP contribution in [0, 0.1) is 0 Å². The number of fused-ring (bicyclic) bond motifs is 1. The fourth-order valence-corrected chi connectivity index (χ4v) is 2.99. The molecule has 0 radical (unpaired) electrons. The van der Waals surface area contributed by atoms with Gasteiger partial charge in [0, 0.05) is 18.7 Å². The highest BCUT2D eigenvalue weighted by Crippen LogP contribution is 2.19. The number of carbonyl (C=O) groups excluding carboxylic acids is 1. The third-order valence-corrected chi connectivity index (χ3v) is 4.41. The van der Waals surface area contributed by atoms with E-state index in [2.05, 4.69) is 10.0 Å². The lowest BCUT2D eigenvalue weighted by Crippen LogP contribution is -2.32. The zero-order valence-electron chi connectivity index (χ0n) is 10.5. The van der Waals surface area contributed by atoms with E-state index in [4.69, 9.17) is 5.11 Å². The Morgan fingerprint density at radius 2 is 2.15 bits per heavy atom. The SMILES string of the molecule is O=C(O)CCNS(=O)(=O)c1ccc2c(c1)C(=O)NCC2. The topological polar surface area (TPSA) is 113 Å². The fraction of sp³-hybridized carbons (Fsp3) is 0.333. The molecule has 108 valence electrons. The summed E-state index contributed by atoms with van der Waals surface area (Å²) in [6.45, 7) is 0.343. The molecule has 1 aliphatic rings. The molecule has 0 aromatic heterocycles. The van der Waals surface area contributed by atoms with Crippen LogP contribution in [-0.4, -0.2) is 38.5 Å². The van der Waals surface area contributed by atoms with Gasteiger partial charge in [0.1, 0.15) is 0 Å². The Morgan fingerprint density at radius 1 is 1.40 bits per heavy atom. The van der Waals surface area contributed by atoms with Gasteiger partial charge in [-0.15, -0.1) is 0 Å². The standard InChI is InChI=1S/C12H14N2O5S/c15-11(16)4-6-14-20(18,19)9-2-1-8-3-5-13-12(17)10(8)7-9/h1-2,7,14H,3-6H2,(H,13,17)(H,15,16). The first kappa shape index (κ1) is 14.5. The van der Waals surface area contributed by atoms with Crippen LogP contribution in [0.15, 0.2) is 23.1 Å². The van der Waals surface area contributed by atoms with Gasteiger partial charge in [-0.05, 0) is 24.1 Å². The molecule has 8 heteroatoms. The van der Waals surface area contributed by atoms with Gasteiger partial charge < -0.3 is 10.4 Å². The Morgan fingerprint density at radius 3 is 2.85 bits per heavy atom. The monoisotopic (exact) mass is 298 g/mol. The number of hydrogen-bond donors (Lipinski definition) is 3. The van der Waals surface area contributed by atoms with Crippen LogP contribution < -0.4 is 10.0 Å². The quantitative estimate of drug-likeness (QED) is 0.692. The van der Waals surface area contributed by atoms with Crippen molar-refractivity contribution in [2.45, 2.75) is 17.7 Å². The largest absolute Gasteiger partial charge is 0.481 e. The summed E-state index contributed by atoms with van der Waals surface area (Å²) in [4.78, 5) is 22.0. The van der Waals surface area contributed by atoms with Crippen LogP contribution >= 0.6 is 0 Å². The number of carboxylic acid groups (broad SMARTS) is 1. The molecule has 0 saturated heterocycles. The van der Waals surface area contributed by atoms with Crippen molar-refractivity contribution in [3.63, 3.8) is 0 Å². The van der Waals surface area contributed by atoms with Gasteiger partial charge in [-0.25, -0.2) is 13.1 Å². The minimum Gasteiger partial charge on any atom is -0.481 e. The molecule has 1 aliphatic heterocycles. The van der Waals surface area contributed by atoms with E-state index in [1.165, 1.54) is 12.1 Å². The maximum absolute atomic E-state index is 12.0. The van der Waals surface area contributed by atoms with Crippen LogP contribution in [0.2, 0.25) is 0 Å². The van der Waals surface area contributed by atoms with Crippen LogP contribution in [-0.2, 0) is 21.2 Å². The predicted octanol–water partition coefficient (Wildman–Crippen LogP) is -0.274. The number of hydrogen-bond acceptors (Lipinski definition) is 4. The molecule has 1 heterocycles. The van der Waals surface area contributed by atoms with Crippen molar-refractivity contribution < 1.29 is 23.1 Å². The molecule has 0 atom stereocenters. The molecule has 0 saturated carbocycles. The molecule has 3 N–H and O–H groups in total. The summed E-state index contributed by atoms with van der Waals surface area (Å²) in [7, 11) is -3.81. The number of carbonyl (C=O) groups is 2. The molecule has 0 bridgehead atoms. The van der Waals surface area contributed by atoms with Crippen molar-refractivity contribution in [2.24, 2.45) is 0 Å². The van der Waals surface area contributed by atoms with E-state index in [0.717, 1.165) is 5.56 Å². The van der Waals surface area contributed by atoms with Gasteiger partial charge in [-0.3, -0.25) is 9.59 Å². The van der Waals surface area contributed by atoms with Gasteiger partial charge in [0.25, 0.3) is 5.91 Å². The van der Waals surface area contributed by atoms with E-state index in [1.54, 1.807) is 6.07 Å². The van der Waals surface area contributed by atoms with Crippen molar-refractivity contribution in [1.29, 1.82) is 0 Å². The van der Waals surface area contributed by atoms with Gasteiger partial charge in [-0.1, -0.05) is 6.07 Å². The fourth-order valence-electron chi connectivity index (χ4n) is 1.93. The average Bonchev–Trinajstić information content (AvgIpc) is 2.38. The van der Waals surface area contributed by atoms with Crippen molar-refractivity contribution in [2.75, 3.05) is 13.1 Å². The van der Waals surface area contributed by atoms with Crippen LogP contribution in [0.1, 0.15) is 22.3 Å². The molecular formula is C12H14N2O5S. The minimum atomic E-state index is -3.81. The third kappa shape index (κ3) is 3.14. The summed E-state index contributed by atoms with van der Waals surface area (Å²) in [5, 5.41) is 11.1. The van der Waals surface area contributed by atoms with E-state index < -0.39 is 16.0 Å². The number of amides is 1. The number of benzene rings is 1. The second kappa shape index (κ2) is 5.59. The maximum atomic E-state index is 12.0. The lowest BCUT2D eigenvalue weighted by atomic mass is 10.0. The summed E-state index contributed by atoms with van der Waals surface area (Å²) in [5.74, 6) is -1.38. The number of rotatable bonds is 5. The first-order chi connectivity index (χ1) is 9.40. The van der Waals surface area contributed by atoms with E-state index in [-0.39, 0.29) is 23.8 Å². The summed E-state index contributed by atoms with van der Waals surface area (Å²) >= 11 is 0. The van der Waals surface area contributed by atoms with E-state index in [1.807, 2.05) is 0 Å². The van der Waals surface area contributed by atoms with Crippen LogP contribution in [0.25, 0.3) is 0 Å². The first-order valence-corrected chi connectivity index (χ1v) is 7.51. The Balaban J connectivity index is 2.22. The number of nitrogens with one attached hydrogen (secondary N) is 2. The zero-order valence-corrected chi connectivity index (χ0v) is 11.4. The van der Waals surface area contributed by atoms with Gasteiger partial charge in [0.05, 0.1) is 11.3 Å². The zero-order chi connectivity index (χ0) is 14.8. The third-order valence-electron chi connectivity index (χ3n) is 2.95. The lowest BCUT2D eigenvalue weighted by molar-refractivity contribution is -0.136. The molecule has 7 nitrogen and oxygen atoms in total. The second-order valence-electron chi connectivity index (χ2n) is 4.37. The van der Waals surface area contributed by atoms with Crippen molar-refractivity contribution >= 4 is 21.9 Å². The molecule has 1 aromatic rings. The van der Waals surface area contributed by atoms with Crippen LogP contribution in [0.3, 0.4) is 0 Å². The van der Waals surface area contributed by atoms with Crippen molar-refractivity contribution in [1.82, 2.24) is 10.0 Å². The highest BCUT2D eigenvalue weighted by molar-refractivity contribution is 7.89. The van der Waals surface area contributed by atoms with Crippen molar-refractivity contribution in [3.8, 4) is 0 Å². The number of aliphatic carboxylic acids is 1. The summed E-state index contributed by atoms with van der Waals surface area (Å²) in [6.07, 6.45) is 0.360. The number of sulfonamides is 1.